The van der Waals surface area contributed by atoms with Crippen LogP contribution >= 0.6 is 0 Å². The van der Waals surface area contributed by atoms with Crippen LogP contribution in [-0.2, 0) is 22.6 Å². The highest BCUT2D eigenvalue weighted by molar-refractivity contribution is 5.99. The molecule has 0 spiro atoms. The van der Waals surface area contributed by atoms with Crippen molar-refractivity contribution in [2.75, 3.05) is 0 Å². The number of aryl methyl sites for hydroxylation is 3. The fourth-order valence-corrected chi connectivity index (χ4v) is 4.25. The number of rotatable bonds is 10. The van der Waals surface area contributed by atoms with Crippen molar-refractivity contribution in [1.82, 2.24) is 5.32 Å². The maximum absolute atomic E-state index is 12.3. The van der Waals surface area contributed by atoms with Crippen LogP contribution in [0.2, 0.25) is 0 Å². The highest BCUT2D eigenvalue weighted by Crippen LogP contribution is 2.27. The summed E-state index contributed by atoms with van der Waals surface area (Å²) in [6.45, 7) is 26.5. The zero-order chi connectivity index (χ0) is 34.7. The Labute approximate surface area is 271 Å². The van der Waals surface area contributed by atoms with Gasteiger partial charge in [-0.2, -0.15) is 0 Å². The summed E-state index contributed by atoms with van der Waals surface area (Å²) < 4.78 is 0. The summed E-state index contributed by atoms with van der Waals surface area (Å²) in [6, 6.07) is 14.8. The van der Waals surface area contributed by atoms with Crippen LogP contribution < -0.4 is 5.32 Å². The van der Waals surface area contributed by atoms with Crippen LogP contribution in [-0.4, -0.2) is 11.7 Å². The molecule has 3 heteroatoms. The Kier molecular flexibility index (Phi) is 28.2. The first kappa shape index (κ1) is 44.5. The molecule has 0 radical (unpaired) electrons. The van der Waals surface area contributed by atoms with Gasteiger partial charge in [-0.05, 0) is 99.8 Å². The third-order valence-corrected chi connectivity index (χ3v) is 6.48. The van der Waals surface area contributed by atoms with Crippen molar-refractivity contribution in [2.24, 2.45) is 0 Å². The summed E-state index contributed by atoms with van der Waals surface area (Å²) in [5, 5.41) is 2.76. The van der Waals surface area contributed by atoms with Crippen LogP contribution in [0.1, 0.15) is 117 Å². The predicted molar refractivity (Wildman–Crippen MR) is 197 cm³/mol. The second-order valence-electron chi connectivity index (χ2n) is 9.59. The van der Waals surface area contributed by atoms with E-state index in [4.69, 9.17) is 0 Å². The lowest BCUT2D eigenvalue weighted by Crippen LogP contribution is -2.18. The fraction of sp³-hybridized carbons (Fsp3) is 0.415. The van der Waals surface area contributed by atoms with Gasteiger partial charge in [0.1, 0.15) is 0 Å². The number of Topliss-reactive ketones (excluding diaryl/α,β-unsaturated/α-hetero) is 1. The summed E-state index contributed by atoms with van der Waals surface area (Å²) in [4.78, 5) is 22.9. The monoisotopic (exact) mass is 599 g/mol. The molecule has 0 unspecified atom stereocenters. The van der Waals surface area contributed by atoms with Gasteiger partial charge in [0.2, 0.25) is 5.91 Å². The number of benzene rings is 2. The Morgan fingerprint density at radius 2 is 1.32 bits per heavy atom. The third kappa shape index (κ3) is 17.9. The Bertz CT molecular complexity index is 1240. The molecule has 2 aromatic carbocycles. The van der Waals surface area contributed by atoms with Gasteiger partial charge >= 0.3 is 0 Å². The molecule has 0 fully saturated rings. The van der Waals surface area contributed by atoms with Crippen molar-refractivity contribution in [3.8, 4) is 12.8 Å². The van der Waals surface area contributed by atoms with Gasteiger partial charge in [-0.3, -0.25) is 9.59 Å². The standard InChI is InChI=1S/C24H32O.C11H15NO.2C2H6.C2H2/c1-8-11-18(5)22(10-3)23(20(7)25)15-14-21(9-2)24-16-17(4)12-13-19(24)6;1-3-10-4-6-11(7-5-10)8-12-9(2)13;3*1-2/h9-13,15-16H,8,14H2,1-7H3;4-7H,3,8H2,1-2H3,(H,12,13);2*1-2H3;1-2H/b18-11-,21-9-,22-10+,23-15-;;;;. The molecule has 0 bridgehead atoms. The van der Waals surface area contributed by atoms with E-state index < -0.39 is 0 Å². The number of hydrogen-bond acceptors (Lipinski definition) is 2. The summed E-state index contributed by atoms with van der Waals surface area (Å²) in [5.41, 5.74) is 10.5. The lowest BCUT2D eigenvalue weighted by Gasteiger charge is -2.13. The SMILES string of the molecule is C#C.C/C=C(/C\C=C(C(C)=O)/C(=C/C)C(/C)=C\CC)c1cc(C)ccc1C.CC.CC.CCc1ccc(CNC(C)=O)cc1. The van der Waals surface area contributed by atoms with Crippen LogP contribution in [0, 0.1) is 26.7 Å². The van der Waals surface area contributed by atoms with Gasteiger partial charge in [-0.25, -0.2) is 0 Å². The number of ketones is 1. The van der Waals surface area contributed by atoms with Crippen LogP contribution in [0.4, 0.5) is 0 Å². The Morgan fingerprint density at radius 1 is 0.773 bits per heavy atom. The van der Waals surface area contributed by atoms with E-state index in [9.17, 15) is 9.59 Å². The zero-order valence-electron chi connectivity index (χ0n) is 30.2. The molecule has 44 heavy (non-hydrogen) atoms. The third-order valence-electron chi connectivity index (χ3n) is 6.48. The number of nitrogens with one attached hydrogen (secondary N) is 1. The van der Waals surface area contributed by atoms with E-state index in [0.717, 1.165) is 36.0 Å². The molecule has 0 aliphatic carbocycles. The smallest absolute Gasteiger partial charge is 0.217 e. The highest BCUT2D eigenvalue weighted by Gasteiger charge is 2.12. The topological polar surface area (TPSA) is 46.2 Å². The van der Waals surface area contributed by atoms with Crippen molar-refractivity contribution in [2.45, 2.75) is 116 Å². The normalized spacial score (nSPS) is 11.2. The van der Waals surface area contributed by atoms with E-state index in [1.807, 2.05) is 40.7 Å². The molecule has 0 atom stereocenters. The van der Waals surface area contributed by atoms with Crippen LogP contribution in [0.3, 0.4) is 0 Å². The van der Waals surface area contributed by atoms with Gasteiger partial charge < -0.3 is 5.32 Å². The first-order valence-electron chi connectivity index (χ1n) is 16.0. The molecule has 3 nitrogen and oxygen atoms in total. The minimum atomic E-state index is 0.0135. The van der Waals surface area contributed by atoms with E-state index in [0.29, 0.717) is 6.54 Å². The first-order valence-corrected chi connectivity index (χ1v) is 16.0. The average molecular weight is 600 g/mol. The Balaban J connectivity index is -0.000000741. The number of terminal acetylenes is 1. The summed E-state index contributed by atoms with van der Waals surface area (Å²) in [6.07, 6.45) is 19.2. The van der Waals surface area contributed by atoms with Gasteiger partial charge in [0.15, 0.2) is 5.78 Å². The second kappa shape index (κ2) is 27.9. The number of allylic oxidation sites excluding steroid dienone is 8. The molecule has 242 valence electrons. The van der Waals surface area contributed by atoms with Crippen molar-refractivity contribution in [1.29, 1.82) is 0 Å². The van der Waals surface area contributed by atoms with E-state index in [1.54, 1.807) is 6.92 Å². The molecule has 0 aliphatic rings. The van der Waals surface area contributed by atoms with Crippen LogP contribution in [0.15, 0.2) is 83.5 Å². The maximum Gasteiger partial charge on any atom is 0.217 e. The summed E-state index contributed by atoms with van der Waals surface area (Å²) in [7, 11) is 0. The van der Waals surface area contributed by atoms with Gasteiger partial charge in [0.05, 0.1) is 0 Å². The summed E-state index contributed by atoms with van der Waals surface area (Å²) >= 11 is 0. The molecule has 0 aromatic heterocycles. The fourth-order valence-electron chi connectivity index (χ4n) is 4.25. The highest BCUT2D eigenvalue weighted by atomic mass is 16.1. The lowest BCUT2D eigenvalue weighted by atomic mass is 9.91. The Morgan fingerprint density at radius 3 is 1.75 bits per heavy atom. The Hall–Kier alpha value is -3.90. The number of carbonyl (C=O) groups excluding carboxylic acids is 2. The van der Waals surface area contributed by atoms with Gasteiger partial charge in [-0.1, -0.05) is 114 Å². The zero-order valence-corrected chi connectivity index (χ0v) is 30.2. The van der Waals surface area contributed by atoms with E-state index in [2.05, 4.69) is 120 Å². The largest absolute Gasteiger partial charge is 0.352 e. The second-order valence-corrected chi connectivity index (χ2v) is 9.59. The number of hydrogen-bond donors (Lipinski definition) is 1. The van der Waals surface area contributed by atoms with Crippen molar-refractivity contribution >= 4 is 17.3 Å². The average Bonchev–Trinajstić information content (AvgIpc) is 3.04. The molecule has 0 heterocycles. The van der Waals surface area contributed by atoms with Gasteiger partial charge in [-0.15, -0.1) is 12.8 Å². The van der Waals surface area contributed by atoms with Crippen LogP contribution in [0.5, 0.6) is 0 Å². The minimum Gasteiger partial charge on any atom is -0.352 e. The number of amides is 1. The number of carbonyl (C=O) groups is 2. The summed E-state index contributed by atoms with van der Waals surface area (Å²) in [5.74, 6) is 0.132. The van der Waals surface area contributed by atoms with Crippen LogP contribution in [0.25, 0.3) is 5.57 Å². The molecular weight excluding hydrogens is 538 g/mol. The van der Waals surface area contributed by atoms with E-state index in [1.165, 1.54) is 40.3 Å². The minimum absolute atomic E-state index is 0.0135. The van der Waals surface area contributed by atoms with Crippen molar-refractivity contribution in [3.63, 3.8) is 0 Å². The molecular formula is C41H61NO2. The quantitative estimate of drug-likeness (QED) is 0.168. The molecule has 0 saturated heterocycles. The molecule has 2 aromatic rings. The van der Waals surface area contributed by atoms with E-state index >= 15 is 0 Å². The van der Waals surface area contributed by atoms with Gasteiger partial charge in [0, 0.05) is 19.0 Å². The molecule has 1 amide bonds. The van der Waals surface area contributed by atoms with Crippen molar-refractivity contribution in [3.05, 3.63) is 111 Å². The maximum atomic E-state index is 12.3. The molecule has 2 rings (SSSR count). The molecule has 1 N–H and O–H groups in total. The molecule has 0 saturated carbocycles. The van der Waals surface area contributed by atoms with Gasteiger partial charge in [0.25, 0.3) is 0 Å². The molecule has 0 aliphatic heterocycles. The predicted octanol–water partition coefficient (Wildman–Crippen LogP) is 11.1. The first-order chi connectivity index (χ1) is 21.1. The lowest BCUT2D eigenvalue weighted by molar-refractivity contribution is -0.119. The van der Waals surface area contributed by atoms with Crippen molar-refractivity contribution < 1.29 is 9.59 Å². The van der Waals surface area contributed by atoms with E-state index in [-0.39, 0.29) is 11.7 Å².